The van der Waals surface area contributed by atoms with Gasteiger partial charge < -0.3 is 5.73 Å². The summed E-state index contributed by atoms with van der Waals surface area (Å²) >= 11 is 2.09. The minimum atomic E-state index is -3.58. The number of benzene rings is 2. The molecule has 2 aromatic carbocycles. The van der Waals surface area contributed by atoms with E-state index in [1.807, 2.05) is 12.1 Å². The topological polar surface area (TPSA) is 72.2 Å². The molecule has 19 heavy (non-hydrogen) atoms. The van der Waals surface area contributed by atoms with Gasteiger partial charge in [0.05, 0.1) is 10.6 Å². The molecule has 2 aromatic rings. The molecule has 3 N–H and O–H groups in total. The van der Waals surface area contributed by atoms with E-state index in [0.717, 1.165) is 9.13 Å². The van der Waals surface area contributed by atoms with Gasteiger partial charge in [0.15, 0.2) is 0 Å². The summed E-state index contributed by atoms with van der Waals surface area (Å²) in [5, 5.41) is 0. The summed E-state index contributed by atoms with van der Waals surface area (Å²) in [6.07, 6.45) is 0. The fourth-order valence-corrected chi connectivity index (χ4v) is 3.44. The molecule has 0 aliphatic rings. The number of nitrogens with one attached hydrogen (secondary N) is 1. The molecule has 0 radical (unpaired) electrons. The second-order valence-corrected chi connectivity index (χ2v) is 6.78. The molecule has 6 heteroatoms. The largest absolute Gasteiger partial charge is 0.326 e. The van der Waals surface area contributed by atoms with E-state index >= 15 is 0 Å². The van der Waals surface area contributed by atoms with Crippen LogP contribution in [-0.4, -0.2) is 8.42 Å². The van der Waals surface area contributed by atoms with Crippen LogP contribution >= 0.6 is 22.6 Å². The van der Waals surface area contributed by atoms with Gasteiger partial charge in [-0.25, -0.2) is 8.42 Å². The van der Waals surface area contributed by atoms with Crippen LogP contribution in [0.4, 0.5) is 5.69 Å². The predicted octanol–water partition coefficient (Wildman–Crippen LogP) is 2.55. The zero-order valence-electron chi connectivity index (χ0n) is 10.0. The maximum Gasteiger partial charge on any atom is 0.261 e. The molecule has 4 nitrogen and oxygen atoms in total. The van der Waals surface area contributed by atoms with E-state index in [0.29, 0.717) is 12.2 Å². The van der Waals surface area contributed by atoms with Crippen molar-refractivity contribution in [3.8, 4) is 0 Å². The summed E-state index contributed by atoms with van der Waals surface area (Å²) in [6.45, 7) is 0.312. The quantitative estimate of drug-likeness (QED) is 0.791. The Bertz CT molecular complexity index is 687. The van der Waals surface area contributed by atoms with Gasteiger partial charge in [0, 0.05) is 10.1 Å². The fraction of sp³-hybridized carbons (Fsp3) is 0.0769. The van der Waals surface area contributed by atoms with Crippen LogP contribution in [0.25, 0.3) is 0 Å². The van der Waals surface area contributed by atoms with Crippen LogP contribution in [0.3, 0.4) is 0 Å². The average molecular weight is 388 g/mol. The maximum atomic E-state index is 12.3. The first kappa shape index (κ1) is 14.3. The zero-order valence-corrected chi connectivity index (χ0v) is 13.0. The van der Waals surface area contributed by atoms with Crippen molar-refractivity contribution in [2.45, 2.75) is 11.4 Å². The van der Waals surface area contributed by atoms with Crippen molar-refractivity contribution in [1.29, 1.82) is 0 Å². The van der Waals surface area contributed by atoms with Crippen molar-refractivity contribution < 1.29 is 8.42 Å². The highest BCUT2D eigenvalue weighted by Crippen LogP contribution is 2.21. The number of anilines is 1. The highest BCUT2D eigenvalue weighted by atomic mass is 127. The summed E-state index contributed by atoms with van der Waals surface area (Å²) in [5.41, 5.74) is 6.88. The van der Waals surface area contributed by atoms with E-state index in [1.54, 1.807) is 36.4 Å². The lowest BCUT2D eigenvalue weighted by molar-refractivity contribution is 0.601. The summed E-state index contributed by atoms with van der Waals surface area (Å²) in [4.78, 5) is 0.218. The van der Waals surface area contributed by atoms with Crippen LogP contribution in [0.5, 0.6) is 0 Å². The number of hydrogen-bond donors (Lipinski definition) is 2. The third-order valence-corrected chi connectivity index (χ3v) is 4.87. The lowest BCUT2D eigenvalue weighted by Crippen LogP contribution is -2.14. The zero-order chi connectivity index (χ0) is 13.9. The Morgan fingerprint density at radius 3 is 2.53 bits per heavy atom. The first-order valence-corrected chi connectivity index (χ1v) is 8.15. The number of nitrogens with two attached hydrogens (primary N) is 1. The van der Waals surface area contributed by atoms with Crippen LogP contribution in [0.2, 0.25) is 0 Å². The number of hydrogen-bond acceptors (Lipinski definition) is 3. The Morgan fingerprint density at radius 2 is 1.84 bits per heavy atom. The molecule has 0 fully saturated rings. The van der Waals surface area contributed by atoms with Crippen molar-refractivity contribution in [1.82, 2.24) is 0 Å². The van der Waals surface area contributed by atoms with E-state index in [9.17, 15) is 8.42 Å². The SMILES string of the molecule is NCc1cccc(S(=O)(=O)Nc2ccccc2I)c1. The van der Waals surface area contributed by atoms with Crippen molar-refractivity contribution in [2.75, 3.05) is 4.72 Å². The highest BCUT2D eigenvalue weighted by molar-refractivity contribution is 14.1. The van der Waals surface area contributed by atoms with E-state index in [2.05, 4.69) is 27.3 Å². The second-order valence-electron chi connectivity index (χ2n) is 3.94. The Morgan fingerprint density at radius 1 is 1.11 bits per heavy atom. The van der Waals surface area contributed by atoms with E-state index in [4.69, 9.17) is 5.73 Å². The van der Waals surface area contributed by atoms with Crippen LogP contribution < -0.4 is 10.5 Å². The van der Waals surface area contributed by atoms with Gasteiger partial charge in [-0.15, -0.1) is 0 Å². The van der Waals surface area contributed by atoms with Crippen molar-refractivity contribution in [2.24, 2.45) is 5.73 Å². The standard InChI is InChI=1S/C13H13IN2O2S/c14-12-6-1-2-7-13(12)16-19(17,18)11-5-3-4-10(8-11)9-15/h1-8,16H,9,15H2. The summed E-state index contributed by atoms with van der Waals surface area (Å²) in [5.74, 6) is 0. The Hall–Kier alpha value is -1.12. The third-order valence-electron chi connectivity index (χ3n) is 2.56. The van der Waals surface area contributed by atoms with Crippen molar-refractivity contribution in [3.05, 3.63) is 57.7 Å². The molecule has 0 aromatic heterocycles. The van der Waals surface area contributed by atoms with Crippen LogP contribution in [0.15, 0.2) is 53.4 Å². The van der Waals surface area contributed by atoms with Gasteiger partial charge in [-0.2, -0.15) is 0 Å². The lowest BCUT2D eigenvalue weighted by Gasteiger charge is -2.10. The first-order chi connectivity index (χ1) is 9.03. The highest BCUT2D eigenvalue weighted by Gasteiger charge is 2.15. The Labute approximate surface area is 126 Å². The van der Waals surface area contributed by atoms with Gasteiger partial charge in [0.2, 0.25) is 0 Å². The number of para-hydroxylation sites is 1. The molecule has 2 rings (SSSR count). The average Bonchev–Trinajstić information content (AvgIpc) is 2.41. The third kappa shape index (κ3) is 3.46. The molecule has 0 aliphatic heterocycles. The van der Waals surface area contributed by atoms with Gasteiger partial charge in [-0.1, -0.05) is 24.3 Å². The molecule has 0 unspecified atom stereocenters. The molecule has 0 saturated carbocycles. The van der Waals surface area contributed by atoms with Gasteiger partial charge in [0.25, 0.3) is 10.0 Å². The molecule has 0 saturated heterocycles. The molecular formula is C13H13IN2O2S. The molecule has 0 spiro atoms. The minimum absolute atomic E-state index is 0.218. The summed E-state index contributed by atoms with van der Waals surface area (Å²) in [7, 11) is -3.58. The summed E-state index contributed by atoms with van der Waals surface area (Å²) < 4.78 is 28.0. The van der Waals surface area contributed by atoms with Crippen LogP contribution in [0, 0.1) is 3.57 Å². The van der Waals surface area contributed by atoms with E-state index in [1.165, 1.54) is 0 Å². The monoisotopic (exact) mass is 388 g/mol. The van der Waals surface area contributed by atoms with E-state index < -0.39 is 10.0 Å². The normalized spacial score (nSPS) is 11.3. The van der Waals surface area contributed by atoms with Crippen LogP contribution in [0.1, 0.15) is 5.56 Å². The van der Waals surface area contributed by atoms with E-state index in [-0.39, 0.29) is 4.90 Å². The maximum absolute atomic E-state index is 12.3. The summed E-state index contributed by atoms with van der Waals surface area (Å²) in [6, 6.07) is 13.8. The predicted molar refractivity (Wildman–Crippen MR) is 84.3 cm³/mol. The van der Waals surface area contributed by atoms with Crippen molar-refractivity contribution in [3.63, 3.8) is 0 Å². The van der Waals surface area contributed by atoms with Gasteiger partial charge in [-0.05, 0) is 52.4 Å². The second kappa shape index (κ2) is 5.89. The molecule has 0 bridgehead atoms. The fourth-order valence-electron chi connectivity index (χ4n) is 1.59. The minimum Gasteiger partial charge on any atom is -0.326 e. The number of halogens is 1. The molecule has 0 atom stereocenters. The molecular weight excluding hydrogens is 375 g/mol. The Balaban J connectivity index is 2.35. The van der Waals surface area contributed by atoms with Gasteiger partial charge >= 0.3 is 0 Å². The van der Waals surface area contributed by atoms with Gasteiger partial charge in [0.1, 0.15) is 0 Å². The van der Waals surface area contributed by atoms with Crippen molar-refractivity contribution >= 4 is 38.3 Å². The van der Waals surface area contributed by atoms with Gasteiger partial charge in [-0.3, -0.25) is 4.72 Å². The number of sulfonamides is 1. The molecule has 0 heterocycles. The van der Waals surface area contributed by atoms with Crippen LogP contribution in [-0.2, 0) is 16.6 Å². The smallest absolute Gasteiger partial charge is 0.261 e. The molecule has 0 aliphatic carbocycles. The number of rotatable bonds is 4. The first-order valence-electron chi connectivity index (χ1n) is 5.59. The lowest BCUT2D eigenvalue weighted by atomic mass is 10.2. The Kier molecular flexibility index (Phi) is 4.43. The molecule has 100 valence electrons. The molecule has 0 amide bonds.